The van der Waals surface area contributed by atoms with E-state index in [1.807, 2.05) is 0 Å². The first-order valence-electron chi connectivity index (χ1n) is 3.32. The number of rotatable bonds is 2. The molecule has 0 saturated carbocycles. The van der Waals surface area contributed by atoms with E-state index in [0.717, 1.165) is 0 Å². The topological polar surface area (TPSA) is 52.3 Å². The summed E-state index contributed by atoms with van der Waals surface area (Å²) in [6, 6.07) is 4.95. The van der Waals surface area contributed by atoms with Crippen LogP contribution in [0.15, 0.2) is 23.1 Å². The minimum absolute atomic E-state index is 0.373. The summed E-state index contributed by atoms with van der Waals surface area (Å²) in [4.78, 5) is 11.4. The highest BCUT2D eigenvalue weighted by Crippen LogP contribution is 2.19. The predicted octanol–water partition coefficient (Wildman–Crippen LogP) is 1.08. The van der Waals surface area contributed by atoms with Crippen molar-refractivity contribution < 1.29 is 9.53 Å². The first kappa shape index (κ1) is 8.93. The smallest absolute Gasteiger partial charge is 0.249 e. The Bertz CT molecular complexity index is 312. The highest BCUT2D eigenvalue weighted by atomic mass is 32.1. The molecule has 0 atom stereocenters. The molecule has 1 rings (SSSR count). The van der Waals surface area contributed by atoms with Crippen LogP contribution in [0.3, 0.4) is 0 Å². The molecule has 0 unspecified atom stereocenters. The monoisotopic (exact) mass is 183 g/mol. The Hall–Kier alpha value is -1.16. The van der Waals surface area contributed by atoms with E-state index in [-0.39, 0.29) is 0 Å². The maximum Gasteiger partial charge on any atom is 0.249 e. The molecule has 2 N–H and O–H groups in total. The minimum atomic E-state index is -0.501. The number of primary amides is 1. The molecular formula is C8H9NO2S. The third-order valence-corrected chi connectivity index (χ3v) is 1.86. The summed E-state index contributed by atoms with van der Waals surface area (Å²) < 4.78 is 4.92. The zero-order valence-electron chi connectivity index (χ0n) is 6.57. The Labute approximate surface area is 75.9 Å². The summed E-state index contributed by atoms with van der Waals surface area (Å²) >= 11 is 4.07. The van der Waals surface area contributed by atoms with Gasteiger partial charge in [-0.25, -0.2) is 0 Å². The van der Waals surface area contributed by atoms with E-state index in [1.165, 1.54) is 7.11 Å². The van der Waals surface area contributed by atoms with Crippen LogP contribution in [-0.2, 0) is 0 Å². The van der Waals surface area contributed by atoms with Gasteiger partial charge in [0.15, 0.2) is 0 Å². The quantitative estimate of drug-likeness (QED) is 0.674. The number of hydrogen-bond donors (Lipinski definition) is 2. The van der Waals surface area contributed by atoms with Gasteiger partial charge in [0.25, 0.3) is 0 Å². The third-order valence-electron chi connectivity index (χ3n) is 1.47. The first-order chi connectivity index (χ1) is 5.65. The van der Waals surface area contributed by atoms with Gasteiger partial charge in [-0.3, -0.25) is 4.79 Å². The predicted molar refractivity (Wildman–Crippen MR) is 48.8 cm³/mol. The number of thiol groups is 1. The minimum Gasteiger partial charge on any atom is -0.497 e. The molecule has 0 radical (unpaired) electrons. The molecule has 0 saturated heterocycles. The number of amides is 1. The Balaban J connectivity index is 3.17. The van der Waals surface area contributed by atoms with Gasteiger partial charge in [0.1, 0.15) is 5.75 Å². The van der Waals surface area contributed by atoms with Gasteiger partial charge >= 0.3 is 0 Å². The molecule has 0 spiro atoms. The molecule has 4 heteroatoms. The Morgan fingerprint density at radius 3 is 2.75 bits per heavy atom. The van der Waals surface area contributed by atoms with E-state index < -0.39 is 5.91 Å². The van der Waals surface area contributed by atoms with Crippen LogP contribution in [-0.4, -0.2) is 13.0 Å². The van der Waals surface area contributed by atoms with Gasteiger partial charge < -0.3 is 10.5 Å². The van der Waals surface area contributed by atoms with Crippen molar-refractivity contribution in [2.45, 2.75) is 4.90 Å². The van der Waals surface area contributed by atoms with Crippen molar-refractivity contribution in [3.63, 3.8) is 0 Å². The fraction of sp³-hybridized carbons (Fsp3) is 0.125. The van der Waals surface area contributed by atoms with Crippen LogP contribution in [0.25, 0.3) is 0 Å². The average Bonchev–Trinajstić information content (AvgIpc) is 2.05. The normalized spacial score (nSPS) is 9.50. The van der Waals surface area contributed by atoms with Crippen LogP contribution in [0, 0.1) is 0 Å². The molecule has 1 amide bonds. The lowest BCUT2D eigenvalue weighted by Gasteiger charge is -2.03. The molecule has 3 nitrogen and oxygen atoms in total. The second-order valence-corrected chi connectivity index (χ2v) is 2.73. The largest absolute Gasteiger partial charge is 0.497 e. The van der Waals surface area contributed by atoms with E-state index >= 15 is 0 Å². The molecular weight excluding hydrogens is 174 g/mol. The maximum atomic E-state index is 10.8. The Kier molecular flexibility index (Phi) is 2.60. The summed E-state index contributed by atoms with van der Waals surface area (Å²) in [5, 5.41) is 0. The van der Waals surface area contributed by atoms with Crippen LogP contribution in [0.1, 0.15) is 10.4 Å². The summed E-state index contributed by atoms with van der Waals surface area (Å²) in [6.45, 7) is 0. The van der Waals surface area contributed by atoms with Gasteiger partial charge in [-0.05, 0) is 18.2 Å². The molecule has 0 aromatic heterocycles. The number of carbonyl (C=O) groups excluding carboxylic acids is 1. The lowest BCUT2D eigenvalue weighted by molar-refractivity contribution is 0.0997. The van der Waals surface area contributed by atoms with Gasteiger partial charge in [-0.1, -0.05) is 0 Å². The molecule has 0 bridgehead atoms. The van der Waals surface area contributed by atoms with Gasteiger partial charge in [-0.15, -0.1) is 12.6 Å². The van der Waals surface area contributed by atoms with Crippen molar-refractivity contribution in [3.05, 3.63) is 23.8 Å². The SMILES string of the molecule is COc1ccc(S)c(C(N)=O)c1. The highest BCUT2D eigenvalue weighted by molar-refractivity contribution is 7.80. The van der Waals surface area contributed by atoms with Crippen molar-refractivity contribution in [2.24, 2.45) is 5.73 Å². The van der Waals surface area contributed by atoms with Crippen LogP contribution < -0.4 is 10.5 Å². The molecule has 0 aliphatic carbocycles. The standard InChI is InChI=1S/C8H9NO2S/c1-11-5-2-3-7(12)6(4-5)8(9)10/h2-4,12H,1H3,(H2,9,10). The van der Waals surface area contributed by atoms with Crippen molar-refractivity contribution in [2.75, 3.05) is 7.11 Å². The van der Waals surface area contributed by atoms with Gasteiger partial charge in [0.05, 0.1) is 12.7 Å². The molecule has 1 aromatic carbocycles. The lowest BCUT2D eigenvalue weighted by atomic mass is 10.2. The fourth-order valence-corrected chi connectivity index (χ4v) is 1.09. The number of hydrogen-bond acceptors (Lipinski definition) is 3. The molecule has 0 fully saturated rings. The molecule has 0 aliphatic heterocycles. The summed E-state index contributed by atoms with van der Waals surface area (Å²) in [7, 11) is 1.53. The van der Waals surface area contributed by atoms with E-state index in [9.17, 15) is 4.79 Å². The Morgan fingerprint density at radius 2 is 2.25 bits per heavy atom. The van der Waals surface area contributed by atoms with Crippen molar-refractivity contribution >= 4 is 18.5 Å². The maximum absolute atomic E-state index is 10.8. The van der Waals surface area contributed by atoms with Crippen LogP contribution in [0.4, 0.5) is 0 Å². The summed E-state index contributed by atoms with van der Waals surface area (Å²) in [5.74, 6) is 0.0977. The lowest BCUT2D eigenvalue weighted by Crippen LogP contribution is -2.11. The van der Waals surface area contributed by atoms with E-state index in [2.05, 4.69) is 12.6 Å². The number of ether oxygens (including phenoxy) is 1. The number of nitrogens with two attached hydrogens (primary N) is 1. The third kappa shape index (κ3) is 1.71. The fourth-order valence-electron chi connectivity index (χ4n) is 0.839. The van der Waals surface area contributed by atoms with E-state index in [1.54, 1.807) is 18.2 Å². The van der Waals surface area contributed by atoms with Crippen LogP contribution in [0.5, 0.6) is 5.75 Å². The molecule has 0 heterocycles. The summed E-state index contributed by atoms with van der Waals surface area (Å²) in [6.07, 6.45) is 0. The van der Waals surface area contributed by atoms with Crippen molar-refractivity contribution in [1.82, 2.24) is 0 Å². The Morgan fingerprint density at radius 1 is 1.58 bits per heavy atom. The molecule has 64 valence electrons. The first-order valence-corrected chi connectivity index (χ1v) is 3.76. The van der Waals surface area contributed by atoms with Crippen molar-refractivity contribution in [3.8, 4) is 5.75 Å². The number of carbonyl (C=O) groups is 1. The second kappa shape index (κ2) is 3.49. The zero-order chi connectivity index (χ0) is 9.14. The second-order valence-electron chi connectivity index (χ2n) is 2.25. The molecule has 12 heavy (non-hydrogen) atoms. The van der Waals surface area contributed by atoms with Gasteiger partial charge in [0.2, 0.25) is 5.91 Å². The van der Waals surface area contributed by atoms with E-state index in [4.69, 9.17) is 10.5 Å². The van der Waals surface area contributed by atoms with Gasteiger partial charge in [0, 0.05) is 4.90 Å². The van der Waals surface area contributed by atoms with Crippen molar-refractivity contribution in [1.29, 1.82) is 0 Å². The van der Waals surface area contributed by atoms with Crippen LogP contribution >= 0.6 is 12.6 Å². The molecule has 1 aromatic rings. The van der Waals surface area contributed by atoms with E-state index in [0.29, 0.717) is 16.2 Å². The highest BCUT2D eigenvalue weighted by Gasteiger charge is 2.05. The van der Waals surface area contributed by atoms with Crippen LogP contribution in [0.2, 0.25) is 0 Å². The number of methoxy groups -OCH3 is 1. The number of benzene rings is 1. The molecule has 0 aliphatic rings. The van der Waals surface area contributed by atoms with Gasteiger partial charge in [-0.2, -0.15) is 0 Å². The zero-order valence-corrected chi connectivity index (χ0v) is 7.47. The summed E-state index contributed by atoms with van der Waals surface area (Å²) in [5.41, 5.74) is 5.47. The average molecular weight is 183 g/mol.